The summed E-state index contributed by atoms with van der Waals surface area (Å²) in [5, 5.41) is 0. The van der Waals surface area contributed by atoms with Gasteiger partial charge in [-0.1, -0.05) is 0 Å². The van der Waals surface area contributed by atoms with Gasteiger partial charge in [-0.25, -0.2) is 0 Å². The molecule has 0 aromatic carbocycles. The van der Waals surface area contributed by atoms with Crippen molar-refractivity contribution in [3.8, 4) is 0 Å². The molecule has 0 aliphatic heterocycles. The molecule has 0 fully saturated rings. The van der Waals surface area contributed by atoms with Crippen LogP contribution in [0.1, 0.15) is 0 Å². The first kappa shape index (κ1) is 11.3. The minimum absolute atomic E-state index is 0.557. The number of rotatable bonds is 7. The number of hydrogen-bond donors (Lipinski definition) is 0. The molecular weight excluding hydrogens is 156 g/mol. The Morgan fingerprint density at radius 2 is 1.33 bits per heavy atom. The summed E-state index contributed by atoms with van der Waals surface area (Å²) in [5.74, 6) is 0. The van der Waals surface area contributed by atoms with Crippen LogP contribution in [0.4, 0.5) is 0 Å². The average Bonchev–Trinajstić information content (AvgIpc) is 2.10. The summed E-state index contributed by atoms with van der Waals surface area (Å²) in [7, 11) is 3.44. The van der Waals surface area contributed by atoms with Gasteiger partial charge in [-0.2, -0.15) is 0 Å². The highest BCUT2D eigenvalue weighted by atomic mass is 16.5. The van der Waals surface area contributed by atoms with E-state index in [4.69, 9.17) is 9.47 Å². The van der Waals surface area contributed by atoms with Crippen molar-refractivity contribution in [2.24, 2.45) is 9.98 Å². The molecule has 70 valence electrons. The van der Waals surface area contributed by atoms with E-state index in [0.29, 0.717) is 26.4 Å². The number of hydrogen-bond acceptors (Lipinski definition) is 4. The molecule has 0 bridgehead atoms. The van der Waals surface area contributed by atoms with E-state index in [0.717, 1.165) is 0 Å². The van der Waals surface area contributed by atoms with Crippen molar-refractivity contribution in [1.82, 2.24) is 0 Å². The molecule has 0 aromatic rings. The lowest BCUT2D eigenvalue weighted by Gasteiger charge is -2.00. The van der Waals surface area contributed by atoms with E-state index in [1.54, 1.807) is 26.5 Å². The fourth-order valence-electron chi connectivity index (χ4n) is 0.539. The maximum absolute atomic E-state index is 5.14. The van der Waals surface area contributed by atoms with E-state index in [1.807, 2.05) is 0 Å². The van der Waals surface area contributed by atoms with Crippen molar-refractivity contribution < 1.29 is 9.47 Å². The van der Waals surface area contributed by atoms with Crippen molar-refractivity contribution in [1.29, 1.82) is 0 Å². The Morgan fingerprint density at radius 1 is 0.917 bits per heavy atom. The smallest absolute Gasteiger partial charge is 0.0815 e. The van der Waals surface area contributed by atoms with E-state index >= 15 is 0 Å². The van der Waals surface area contributed by atoms with Crippen LogP contribution in [0.25, 0.3) is 0 Å². The molecular formula is C8H16N2O2. The van der Waals surface area contributed by atoms with Crippen molar-refractivity contribution >= 4 is 12.4 Å². The van der Waals surface area contributed by atoms with E-state index in [1.165, 1.54) is 0 Å². The lowest BCUT2D eigenvalue weighted by Crippen LogP contribution is -2.06. The molecule has 4 nitrogen and oxygen atoms in total. The van der Waals surface area contributed by atoms with Crippen molar-refractivity contribution in [2.45, 2.75) is 0 Å². The van der Waals surface area contributed by atoms with Gasteiger partial charge in [-0.3, -0.25) is 9.98 Å². The minimum Gasteiger partial charge on any atom is -0.373 e. The summed E-state index contributed by atoms with van der Waals surface area (Å²) in [6, 6.07) is 0. The normalized spacial score (nSPS) is 11.8. The predicted molar refractivity (Wildman–Crippen MR) is 50.5 cm³/mol. The molecule has 12 heavy (non-hydrogen) atoms. The Bertz CT molecular complexity index is 119. The van der Waals surface area contributed by atoms with E-state index in [-0.39, 0.29) is 0 Å². The average molecular weight is 172 g/mol. The van der Waals surface area contributed by atoms with Crippen LogP contribution in [0.5, 0.6) is 0 Å². The SMILES string of the molecule is C/N=C/COCCOC/C=N/C. The second kappa shape index (κ2) is 10.3. The highest BCUT2D eigenvalue weighted by Crippen LogP contribution is 1.75. The Hall–Kier alpha value is -0.740. The summed E-state index contributed by atoms with van der Waals surface area (Å²) in [5.41, 5.74) is 0. The highest BCUT2D eigenvalue weighted by molar-refractivity contribution is 5.58. The lowest BCUT2D eigenvalue weighted by atomic mass is 10.7. The van der Waals surface area contributed by atoms with E-state index in [9.17, 15) is 0 Å². The number of aliphatic imine (C=N–C) groups is 2. The van der Waals surface area contributed by atoms with Crippen molar-refractivity contribution in [3.63, 3.8) is 0 Å². The van der Waals surface area contributed by atoms with Crippen LogP contribution in [0.3, 0.4) is 0 Å². The lowest BCUT2D eigenvalue weighted by molar-refractivity contribution is 0.0810. The zero-order chi connectivity index (χ0) is 9.07. The first-order valence-electron chi connectivity index (χ1n) is 3.88. The first-order chi connectivity index (χ1) is 5.91. The van der Waals surface area contributed by atoms with Crippen LogP contribution < -0.4 is 0 Å². The zero-order valence-corrected chi connectivity index (χ0v) is 7.69. The fourth-order valence-corrected chi connectivity index (χ4v) is 0.539. The van der Waals surface area contributed by atoms with Crippen LogP contribution in [0.15, 0.2) is 9.98 Å². The maximum atomic E-state index is 5.14. The Labute approximate surface area is 73.3 Å². The topological polar surface area (TPSA) is 43.2 Å². The maximum Gasteiger partial charge on any atom is 0.0815 e. The molecule has 4 heteroatoms. The van der Waals surface area contributed by atoms with Crippen LogP contribution >= 0.6 is 0 Å². The minimum atomic E-state index is 0.557. The summed E-state index contributed by atoms with van der Waals surface area (Å²) in [4.78, 5) is 7.54. The zero-order valence-electron chi connectivity index (χ0n) is 7.69. The Balaban J connectivity index is 2.91. The monoisotopic (exact) mass is 172 g/mol. The molecule has 0 saturated carbocycles. The fraction of sp³-hybridized carbons (Fsp3) is 0.750. The quantitative estimate of drug-likeness (QED) is 0.412. The summed E-state index contributed by atoms with van der Waals surface area (Å²) in [6.07, 6.45) is 3.43. The van der Waals surface area contributed by atoms with Gasteiger partial charge in [0.2, 0.25) is 0 Å². The third-order valence-corrected chi connectivity index (χ3v) is 1.12. The van der Waals surface area contributed by atoms with Crippen molar-refractivity contribution in [3.05, 3.63) is 0 Å². The van der Waals surface area contributed by atoms with Gasteiger partial charge in [0.05, 0.1) is 26.4 Å². The van der Waals surface area contributed by atoms with Crippen molar-refractivity contribution in [2.75, 3.05) is 40.5 Å². The molecule has 0 aliphatic carbocycles. The molecule has 0 aromatic heterocycles. The van der Waals surface area contributed by atoms with Gasteiger partial charge in [-0.15, -0.1) is 0 Å². The molecule has 0 spiro atoms. The van der Waals surface area contributed by atoms with Gasteiger partial charge in [0, 0.05) is 26.5 Å². The number of ether oxygens (including phenoxy) is 2. The largest absolute Gasteiger partial charge is 0.373 e. The van der Waals surface area contributed by atoms with Crippen LogP contribution in [-0.4, -0.2) is 53.0 Å². The molecule has 0 atom stereocenters. The van der Waals surface area contributed by atoms with Crippen LogP contribution in [0.2, 0.25) is 0 Å². The summed E-state index contributed by atoms with van der Waals surface area (Å²) >= 11 is 0. The van der Waals surface area contributed by atoms with Crippen LogP contribution in [0, 0.1) is 0 Å². The molecule has 0 amide bonds. The molecule has 0 aliphatic rings. The van der Waals surface area contributed by atoms with Gasteiger partial charge in [0.15, 0.2) is 0 Å². The summed E-state index contributed by atoms with van der Waals surface area (Å²) < 4.78 is 10.3. The molecule has 0 heterocycles. The second-order valence-electron chi connectivity index (χ2n) is 2.03. The predicted octanol–water partition coefficient (Wildman–Crippen LogP) is 0.421. The Kier molecular flexibility index (Phi) is 9.63. The summed E-state index contributed by atoms with van der Waals surface area (Å²) in [6.45, 7) is 2.32. The molecule has 0 radical (unpaired) electrons. The first-order valence-corrected chi connectivity index (χ1v) is 3.88. The van der Waals surface area contributed by atoms with Gasteiger partial charge < -0.3 is 9.47 Å². The van der Waals surface area contributed by atoms with E-state index in [2.05, 4.69) is 9.98 Å². The number of nitrogens with zero attached hydrogens (tertiary/aromatic N) is 2. The molecule has 0 N–H and O–H groups in total. The van der Waals surface area contributed by atoms with E-state index < -0.39 is 0 Å². The third kappa shape index (κ3) is 9.26. The molecule has 0 unspecified atom stereocenters. The molecule has 0 rings (SSSR count). The van der Waals surface area contributed by atoms with Gasteiger partial charge >= 0.3 is 0 Å². The highest BCUT2D eigenvalue weighted by Gasteiger charge is 1.85. The van der Waals surface area contributed by atoms with Crippen LogP contribution in [-0.2, 0) is 9.47 Å². The van der Waals surface area contributed by atoms with Gasteiger partial charge in [0.25, 0.3) is 0 Å². The second-order valence-corrected chi connectivity index (χ2v) is 2.03. The Morgan fingerprint density at radius 3 is 1.67 bits per heavy atom. The van der Waals surface area contributed by atoms with Gasteiger partial charge in [-0.05, 0) is 0 Å². The molecule has 0 saturated heterocycles. The third-order valence-electron chi connectivity index (χ3n) is 1.12. The van der Waals surface area contributed by atoms with Gasteiger partial charge in [0.1, 0.15) is 0 Å². The standard InChI is InChI=1S/C8H16N2O2/c1-9-3-5-11-7-8-12-6-4-10-2/h3-4H,5-8H2,1-2H3/b9-3+,10-4+.